The number of rotatable bonds is 3. The first-order valence-corrected chi connectivity index (χ1v) is 5.75. The molecule has 0 aliphatic carbocycles. The molecule has 1 heterocycles. The Morgan fingerprint density at radius 2 is 2.11 bits per heavy atom. The third-order valence-corrected chi connectivity index (χ3v) is 2.62. The van der Waals surface area contributed by atoms with Gasteiger partial charge in [0.15, 0.2) is 0 Å². The van der Waals surface area contributed by atoms with Crippen molar-refractivity contribution >= 4 is 5.69 Å². The van der Waals surface area contributed by atoms with Crippen molar-refractivity contribution in [3.05, 3.63) is 35.8 Å². The SMILES string of the molecule is CC(C)c1nn(C)c(Oc2cccc(F)c2)c1N. The topological polar surface area (TPSA) is 53.1 Å². The Bertz CT molecular complexity index is 563. The van der Waals surface area contributed by atoms with E-state index in [1.165, 1.54) is 12.1 Å². The van der Waals surface area contributed by atoms with Gasteiger partial charge in [-0.1, -0.05) is 19.9 Å². The number of nitrogen functional groups attached to an aromatic ring is 1. The zero-order chi connectivity index (χ0) is 13.3. The molecule has 96 valence electrons. The number of nitrogens with two attached hydrogens (primary N) is 1. The summed E-state index contributed by atoms with van der Waals surface area (Å²) in [6.45, 7) is 4.01. The molecule has 1 aromatic carbocycles. The maximum absolute atomic E-state index is 13.1. The lowest BCUT2D eigenvalue weighted by Crippen LogP contribution is -1.97. The van der Waals surface area contributed by atoms with Crippen LogP contribution in [0.15, 0.2) is 24.3 Å². The summed E-state index contributed by atoms with van der Waals surface area (Å²) in [4.78, 5) is 0. The first-order chi connectivity index (χ1) is 8.49. The molecule has 0 amide bonds. The van der Waals surface area contributed by atoms with E-state index >= 15 is 0 Å². The second-order valence-electron chi connectivity index (χ2n) is 4.44. The lowest BCUT2D eigenvalue weighted by atomic mass is 10.1. The predicted molar refractivity (Wildman–Crippen MR) is 68.2 cm³/mol. The Labute approximate surface area is 105 Å². The van der Waals surface area contributed by atoms with Gasteiger partial charge in [-0.2, -0.15) is 5.10 Å². The van der Waals surface area contributed by atoms with Crippen LogP contribution in [0.5, 0.6) is 11.6 Å². The molecule has 0 atom stereocenters. The smallest absolute Gasteiger partial charge is 0.241 e. The molecule has 0 fully saturated rings. The number of hydrogen-bond donors (Lipinski definition) is 1. The van der Waals surface area contributed by atoms with Crippen LogP contribution in [0.1, 0.15) is 25.5 Å². The number of anilines is 1. The molecule has 0 radical (unpaired) electrons. The fraction of sp³-hybridized carbons (Fsp3) is 0.308. The van der Waals surface area contributed by atoms with Crippen LogP contribution in [0.2, 0.25) is 0 Å². The van der Waals surface area contributed by atoms with Gasteiger partial charge in [0.25, 0.3) is 0 Å². The normalized spacial score (nSPS) is 10.9. The average Bonchev–Trinajstić information content (AvgIpc) is 2.57. The van der Waals surface area contributed by atoms with Crippen molar-refractivity contribution in [2.75, 3.05) is 5.73 Å². The van der Waals surface area contributed by atoms with Gasteiger partial charge in [-0.25, -0.2) is 9.07 Å². The highest BCUT2D eigenvalue weighted by Gasteiger charge is 2.17. The highest BCUT2D eigenvalue weighted by atomic mass is 19.1. The minimum Gasteiger partial charge on any atom is -0.437 e. The second kappa shape index (κ2) is 4.68. The molecule has 5 heteroatoms. The van der Waals surface area contributed by atoms with Crippen molar-refractivity contribution in [1.82, 2.24) is 9.78 Å². The highest BCUT2D eigenvalue weighted by Crippen LogP contribution is 2.32. The lowest BCUT2D eigenvalue weighted by molar-refractivity contribution is 0.429. The summed E-state index contributed by atoms with van der Waals surface area (Å²) in [5.41, 5.74) is 7.27. The van der Waals surface area contributed by atoms with Crippen LogP contribution in [0.25, 0.3) is 0 Å². The first kappa shape index (κ1) is 12.4. The van der Waals surface area contributed by atoms with Gasteiger partial charge < -0.3 is 10.5 Å². The molecule has 0 saturated carbocycles. The fourth-order valence-electron chi connectivity index (χ4n) is 1.73. The van der Waals surface area contributed by atoms with Gasteiger partial charge in [-0.05, 0) is 18.1 Å². The van der Waals surface area contributed by atoms with E-state index in [-0.39, 0.29) is 11.7 Å². The van der Waals surface area contributed by atoms with Crippen LogP contribution in [0.3, 0.4) is 0 Å². The largest absolute Gasteiger partial charge is 0.437 e. The van der Waals surface area contributed by atoms with E-state index in [9.17, 15) is 4.39 Å². The summed E-state index contributed by atoms with van der Waals surface area (Å²) in [6.07, 6.45) is 0. The molecule has 4 nitrogen and oxygen atoms in total. The average molecular weight is 249 g/mol. The Morgan fingerprint density at radius 1 is 1.39 bits per heavy atom. The molecular weight excluding hydrogens is 233 g/mol. The van der Waals surface area contributed by atoms with Gasteiger partial charge >= 0.3 is 0 Å². The Kier molecular flexibility index (Phi) is 3.23. The maximum Gasteiger partial charge on any atom is 0.241 e. The Balaban J connectivity index is 2.35. The number of halogens is 1. The van der Waals surface area contributed by atoms with Crippen LogP contribution in [-0.2, 0) is 7.05 Å². The van der Waals surface area contributed by atoms with Gasteiger partial charge in [0, 0.05) is 13.1 Å². The molecule has 2 N–H and O–H groups in total. The van der Waals surface area contributed by atoms with Crippen molar-refractivity contribution in [2.24, 2.45) is 7.05 Å². The molecule has 0 aliphatic heterocycles. The highest BCUT2D eigenvalue weighted by molar-refractivity contribution is 5.55. The van der Waals surface area contributed by atoms with Gasteiger partial charge in [-0.15, -0.1) is 0 Å². The van der Waals surface area contributed by atoms with Crippen LogP contribution in [0, 0.1) is 5.82 Å². The number of aromatic nitrogens is 2. The van der Waals surface area contributed by atoms with Gasteiger partial charge in [0.05, 0.1) is 5.69 Å². The standard InChI is InChI=1S/C13H16FN3O/c1-8(2)12-11(15)13(17(3)16-12)18-10-6-4-5-9(14)7-10/h4-8H,15H2,1-3H3. The van der Waals surface area contributed by atoms with Gasteiger partial charge in [-0.3, -0.25) is 0 Å². The Hall–Kier alpha value is -2.04. The lowest BCUT2D eigenvalue weighted by Gasteiger charge is -2.06. The Morgan fingerprint density at radius 3 is 2.67 bits per heavy atom. The number of aryl methyl sites for hydroxylation is 1. The van der Waals surface area contributed by atoms with E-state index in [0.717, 1.165) is 5.69 Å². The quantitative estimate of drug-likeness (QED) is 0.909. The molecular formula is C13H16FN3O. The van der Waals surface area contributed by atoms with Crippen molar-refractivity contribution in [3.8, 4) is 11.6 Å². The van der Waals surface area contributed by atoms with Crippen molar-refractivity contribution < 1.29 is 9.13 Å². The minimum atomic E-state index is -0.350. The summed E-state index contributed by atoms with van der Waals surface area (Å²) < 4.78 is 20.2. The van der Waals surface area contributed by atoms with Gasteiger partial charge in [0.2, 0.25) is 5.88 Å². The van der Waals surface area contributed by atoms with Crippen LogP contribution in [0.4, 0.5) is 10.1 Å². The van der Waals surface area contributed by atoms with E-state index in [1.807, 2.05) is 13.8 Å². The zero-order valence-electron chi connectivity index (χ0n) is 10.6. The predicted octanol–water partition coefficient (Wildman–Crippen LogP) is 3.06. The number of nitrogens with zero attached hydrogens (tertiary/aromatic N) is 2. The number of benzene rings is 1. The molecule has 0 saturated heterocycles. The van der Waals surface area contributed by atoms with Crippen molar-refractivity contribution in [2.45, 2.75) is 19.8 Å². The van der Waals surface area contributed by atoms with Crippen LogP contribution in [-0.4, -0.2) is 9.78 Å². The van der Waals surface area contributed by atoms with Gasteiger partial charge in [0.1, 0.15) is 17.3 Å². The number of hydrogen-bond acceptors (Lipinski definition) is 3. The molecule has 0 spiro atoms. The van der Waals surface area contributed by atoms with E-state index in [2.05, 4.69) is 5.10 Å². The summed E-state index contributed by atoms with van der Waals surface area (Å²) in [6, 6.07) is 5.92. The third kappa shape index (κ3) is 2.30. The molecule has 0 unspecified atom stereocenters. The number of ether oxygens (including phenoxy) is 1. The summed E-state index contributed by atoms with van der Waals surface area (Å²) >= 11 is 0. The monoisotopic (exact) mass is 249 g/mol. The van der Waals surface area contributed by atoms with Crippen molar-refractivity contribution in [1.29, 1.82) is 0 Å². The summed E-state index contributed by atoms with van der Waals surface area (Å²) in [5, 5.41) is 4.30. The summed E-state index contributed by atoms with van der Waals surface area (Å²) in [7, 11) is 1.75. The molecule has 0 bridgehead atoms. The third-order valence-electron chi connectivity index (χ3n) is 2.62. The zero-order valence-corrected chi connectivity index (χ0v) is 10.6. The minimum absolute atomic E-state index is 0.209. The molecule has 1 aromatic heterocycles. The first-order valence-electron chi connectivity index (χ1n) is 5.75. The van der Waals surface area contributed by atoms with E-state index in [0.29, 0.717) is 17.3 Å². The van der Waals surface area contributed by atoms with Crippen molar-refractivity contribution in [3.63, 3.8) is 0 Å². The second-order valence-corrected chi connectivity index (χ2v) is 4.44. The molecule has 18 heavy (non-hydrogen) atoms. The molecule has 0 aliphatic rings. The molecule has 2 rings (SSSR count). The molecule has 2 aromatic rings. The summed E-state index contributed by atoms with van der Waals surface area (Å²) in [5.74, 6) is 0.697. The van der Waals surface area contributed by atoms with Crippen LogP contribution >= 0.6 is 0 Å². The van der Waals surface area contributed by atoms with E-state index < -0.39 is 0 Å². The van der Waals surface area contributed by atoms with E-state index in [4.69, 9.17) is 10.5 Å². The van der Waals surface area contributed by atoms with Crippen LogP contribution < -0.4 is 10.5 Å². The van der Waals surface area contributed by atoms with E-state index in [1.54, 1.807) is 23.9 Å². The fourth-order valence-corrected chi connectivity index (χ4v) is 1.73. The maximum atomic E-state index is 13.1.